The van der Waals surface area contributed by atoms with E-state index in [1.54, 1.807) is 0 Å². The fourth-order valence-corrected chi connectivity index (χ4v) is 3.60. The Labute approximate surface area is 175 Å². The van der Waals surface area contributed by atoms with Gasteiger partial charge in [0, 0.05) is 31.7 Å². The maximum atomic E-state index is 12.7. The lowest BCUT2D eigenvalue weighted by atomic mass is 9.88. The summed E-state index contributed by atoms with van der Waals surface area (Å²) >= 11 is 0. The van der Waals surface area contributed by atoms with Crippen molar-refractivity contribution in [2.45, 2.75) is 31.1 Å². The Balaban J connectivity index is 1.49. The molecule has 1 amide bonds. The van der Waals surface area contributed by atoms with Crippen molar-refractivity contribution in [3.05, 3.63) is 65.0 Å². The van der Waals surface area contributed by atoms with E-state index in [-0.39, 0.29) is 11.8 Å². The van der Waals surface area contributed by atoms with Crippen LogP contribution < -0.4 is 10.6 Å². The number of aryl methyl sites for hydroxylation is 1. The van der Waals surface area contributed by atoms with Crippen molar-refractivity contribution in [3.8, 4) is 0 Å². The highest BCUT2D eigenvalue weighted by molar-refractivity contribution is 5.80. The summed E-state index contributed by atoms with van der Waals surface area (Å²) in [5.74, 6) is -0.855. The SMILES string of the molecule is O=C(NCCCc1ccc(C(F)(F)F)nc1)[C@@H]1CNC[C@H]1c1ccc(C(F)(F)F)cc1. The van der Waals surface area contributed by atoms with Crippen LogP contribution in [0, 0.1) is 5.92 Å². The number of alkyl halides is 6. The second kappa shape index (κ2) is 9.25. The summed E-state index contributed by atoms with van der Waals surface area (Å²) in [4.78, 5) is 16.0. The van der Waals surface area contributed by atoms with Crippen molar-refractivity contribution in [1.29, 1.82) is 0 Å². The normalized spacial score (nSPS) is 19.4. The monoisotopic (exact) mass is 445 g/mol. The first kappa shape index (κ1) is 23.1. The van der Waals surface area contributed by atoms with E-state index < -0.39 is 29.5 Å². The van der Waals surface area contributed by atoms with Crippen LogP contribution in [0.15, 0.2) is 42.6 Å². The number of hydrogen-bond acceptors (Lipinski definition) is 3. The number of benzene rings is 1. The minimum atomic E-state index is -4.48. The van der Waals surface area contributed by atoms with Crippen LogP contribution >= 0.6 is 0 Å². The molecule has 2 heterocycles. The zero-order valence-corrected chi connectivity index (χ0v) is 16.4. The van der Waals surface area contributed by atoms with Crippen molar-refractivity contribution in [2.75, 3.05) is 19.6 Å². The number of carbonyl (C=O) groups is 1. The van der Waals surface area contributed by atoms with Crippen LogP contribution in [0.4, 0.5) is 26.3 Å². The van der Waals surface area contributed by atoms with Crippen molar-refractivity contribution < 1.29 is 31.1 Å². The minimum Gasteiger partial charge on any atom is -0.356 e. The molecule has 0 radical (unpaired) electrons. The first-order valence-electron chi connectivity index (χ1n) is 9.73. The molecular weight excluding hydrogens is 424 g/mol. The molecule has 2 aromatic rings. The number of pyridine rings is 1. The molecular formula is C21H21F6N3O. The standard InChI is InChI=1S/C21H21F6N3O/c22-20(23,24)15-6-4-14(5-7-15)16-11-28-12-17(16)19(31)29-9-1-2-13-3-8-18(30-10-13)21(25,26)27/h3-8,10,16-17,28H,1-2,9,11-12H2,(H,29,31)/t16-,17+/m0/s1. The first-order valence-corrected chi connectivity index (χ1v) is 9.73. The van der Waals surface area contributed by atoms with Crippen LogP contribution in [-0.2, 0) is 23.6 Å². The number of nitrogens with one attached hydrogen (secondary N) is 2. The third kappa shape index (κ3) is 5.96. The maximum Gasteiger partial charge on any atom is 0.433 e. The molecule has 1 aliphatic rings. The van der Waals surface area contributed by atoms with Crippen LogP contribution in [0.25, 0.3) is 0 Å². The minimum absolute atomic E-state index is 0.208. The number of rotatable bonds is 6. The number of amides is 1. The van der Waals surface area contributed by atoms with Gasteiger partial charge in [0.05, 0.1) is 11.5 Å². The van der Waals surface area contributed by atoms with E-state index in [0.29, 0.717) is 43.6 Å². The molecule has 31 heavy (non-hydrogen) atoms. The van der Waals surface area contributed by atoms with Gasteiger partial charge in [-0.3, -0.25) is 9.78 Å². The molecule has 168 valence electrons. The van der Waals surface area contributed by atoms with Gasteiger partial charge in [-0.05, 0) is 42.2 Å². The van der Waals surface area contributed by atoms with Gasteiger partial charge in [0.1, 0.15) is 5.69 Å². The van der Waals surface area contributed by atoms with Gasteiger partial charge in [0.2, 0.25) is 5.91 Å². The molecule has 0 saturated carbocycles. The smallest absolute Gasteiger partial charge is 0.356 e. The first-order chi connectivity index (χ1) is 14.6. The Kier molecular flexibility index (Phi) is 6.88. The number of nitrogens with zero attached hydrogens (tertiary/aromatic N) is 1. The number of carbonyl (C=O) groups excluding carboxylic acids is 1. The van der Waals surface area contributed by atoms with Crippen molar-refractivity contribution in [1.82, 2.24) is 15.6 Å². The van der Waals surface area contributed by atoms with Gasteiger partial charge in [-0.25, -0.2) is 0 Å². The second-order valence-electron chi connectivity index (χ2n) is 7.44. The maximum absolute atomic E-state index is 12.7. The van der Waals surface area contributed by atoms with Crippen LogP contribution in [-0.4, -0.2) is 30.5 Å². The van der Waals surface area contributed by atoms with Gasteiger partial charge in [0.25, 0.3) is 0 Å². The highest BCUT2D eigenvalue weighted by Crippen LogP contribution is 2.33. The van der Waals surface area contributed by atoms with Gasteiger partial charge in [-0.15, -0.1) is 0 Å². The molecule has 1 fully saturated rings. The topological polar surface area (TPSA) is 54.0 Å². The zero-order chi connectivity index (χ0) is 22.6. The molecule has 10 heteroatoms. The summed E-state index contributed by atoms with van der Waals surface area (Å²) < 4.78 is 75.8. The summed E-state index contributed by atoms with van der Waals surface area (Å²) in [6, 6.07) is 7.12. The third-order valence-corrected chi connectivity index (χ3v) is 5.27. The van der Waals surface area contributed by atoms with Gasteiger partial charge in [0.15, 0.2) is 0 Å². The van der Waals surface area contributed by atoms with Crippen LogP contribution in [0.5, 0.6) is 0 Å². The molecule has 0 unspecified atom stereocenters. The average Bonchev–Trinajstić information content (AvgIpc) is 3.20. The highest BCUT2D eigenvalue weighted by Gasteiger charge is 2.35. The molecule has 1 aliphatic heterocycles. The summed E-state index contributed by atoms with van der Waals surface area (Å²) in [5, 5.41) is 5.90. The molecule has 4 nitrogen and oxygen atoms in total. The van der Waals surface area contributed by atoms with Crippen molar-refractivity contribution >= 4 is 5.91 Å². The Bertz CT molecular complexity index is 878. The van der Waals surface area contributed by atoms with Gasteiger partial charge in [-0.1, -0.05) is 18.2 Å². The van der Waals surface area contributed by atoms with Gasteiger partial charge < -0.3 is 10.6 Å². The average molecular weight is 445 g/mol. The fraction of sp³-hybridized carbons (Fsp3) is 0.429. The number of hydrogen-bond donors (Lipinski definition) is 2. The molecule has 1 saturated heterocycles. The lowest BCUT2D eigenvalue weighted by Crippen LogP contribution is -2.35. The summed E-state index contributed by atoms with van der Waals surface area (Å²) in [7, 11) is 0. The molecule has 3 rings (SSSR count). The highest BCUT2D eigenvalue weighted by atomic mass is 19.4. The van der Waals surface area contributed by atoms with Crippen molar-refractivity contribution in [2.24, 2.45) is 5.92 Å². The summed E-state index contributed by atoms with van der Waals surface area (Å²) in [6.45, 7) is 1.23. The lowest BCUT2D eigenvalue weighted by Gasteiger charge is -2.19. The quantitative estimate of drug-likeness (QED) is 0.519. The molecule has 2 N–H and O–H groups in total. The fourth-order valence-electron chi connectivity index (χ4n) is 3.60. The zero-order valence-electron chi connectivity index (χ0n) is 16.4. The molecule has 0 bridgehead atoms. The van der Waals surface area contributed by atoms with Crippen LogP contribution in [0.2, 0.25) is 0 Å². The van der Waals surface area contributed by atoms with E-state index in [0.717, 1.165) is 18.2 Å². The Morgan fingerprint density at radius 2 is 1.71 bits per heavy atom. The van der Waals surface area contributed by atoms with E-state index in [1.807, 2.05) is 0 Å². The van der Waals surface area contributed by atoms with Gasteiger partial charge >= 0.3 is 12.4 Å². The number of halogens is 6. The Hall–Kier alpha value is -2.62. The van der Waals surface area contributed by atoms with Crippen molar-refractivity contribution in [3.63, 3.8) is 0 Å². The predicted molar refractivity (Wildman–Crippen MR) is 101 cm³/mol. The molecule has 2 atom stereocenters. The number of aromatic nitrogens is 1. The van der Waals surface area contributed by atoms with Gasteiger partial charge in [-0.2, -0.15) is 26.3 Å². The Morgan fingerprint density at radius 1 is 1.00 bits per heavy atom. The van der Waals surface area contributed by atoms with E-state index >= 15 is 0 Å². The van der Waals surface area contributed by atoms with Crippen LogP contribution in [0.3, 0.4) is 0 Å². The molecule has 0 aliphatic carbocycles. The summed E-state index contributed by atoms with van der Waals surface area (Å²) in [5.41, 5.74) is -0.394. The largest absolute Gasteiger partial charge is 0.433 e. The summed E-state index contributed by atoms with van der Waals surface area (Å²) in [6.07, 6.45) is -6.75. The molecule has 1 aromatic carbocycles. The second-order valence-corrected chi connectivity index (χ2v) is 7.44. The van der Waals surface area contributed by atoms with E-state index in [9.17, 15) is 31.1 Å². The van der Waals surface area contributed by atoms with E-state index in [4.69, 9.17) is 0 Å². The van der Waals surface area contributed by atoms with Crippen LogP contribution in [0.1, 0.15) is 34.7 Å². The van der Waals surface area contributed by atoms with E-state index in [1.165, 1.54) is 24.4 Å². The molecule has 0 spiro atoms. The third-order valence-electron chi connectivity index (χ3n) is 5.27. The Morgan fingerprint density at radius 3 is 2.29 bits per heavy atom. The van der Waals surface area contributed by atoms with E-state index in [2.05, 4.69) is 15.6 Å². The predicted octanol–water partition coefficient (Wildman–Crippen LogP) is 4.17. The molecule has 1 aromatic heterocycles. The lowest BCUT2D eigenvalue weighted by molar-refractivity contribution is -0.141.